The first-order valence-electron chi connectivity index (χ1n) is 13.5. The number of nitrogens with zero attached hydrogens (tertiary/aromatic N) is 2. The fourth-order valence-corrected chi connectivity index (χ4v) is 6.47. The summed E-state index contributed by atoms with van der Waals surface area (Å²) >= 11 is -0.0839. The zero-order valence-corrected chi connectivity index (χ0v) is 23.0. The molecule has 0 spiro atoms. The highest BCUT2D eigenvalue weighted by Crippen LogP contribution is 2.39. The van der Waals surface area contributed by atoms with Crippen molar-refractivity contribution in [3.8, 4) is 0 Å². The van der Waals surface area contributed by atoms with Crippen LogP contribution in [0.15, 0.2) is 59.5 Å². The second kappa shape index (κ2) is 11.8. The molecule has 1 unspecified atom stereocenters. The fraction of sp³-hybridized carbons (Fsp3) is 0.567. The molecule has 4 rings (SSSR count). The number of rotatable bonds is 6. The van der Waals surface area contributed by atoms with E-state index in [1.807, 2.05) is 30.3 Å². The largest absolute Gasteiger partial charge is 0.446 e. The summed E-state index contributed by atoms with van der Waals surface area (Å²) in [5.74, 6) is 0.779. The van der Waals surface area contributed by atoms with E-state index in [0.717, 1.165) is 37.1 Å². The summed E-state index contributed by atoms with van der Waals surface area (Å²) in [7, 11) is 0. The van der Waals surface area contributed by atoms with Crippen molar-refractivity contribution in [1.29, 1.82) is 0 Å². The molecule has 2 atom stereocenters. The minimum atomic E-state index is -4.30. The van der Waals surface area contributed by atoms with E-state index < -0.39 is 5.51 Å². The highest BCUT2D eigenvalue weighted by molar-refractivity contribution is 8.00. The lowest BCUT2D eigenvalue weighted by molar-refractivity contribution is -0.141. The third-order valence-electron chi connectivity index (χ3n) is 7.83. The summed E-state index contributed by atoms with van der Waals surface area (Å²) in [6, 6.07) is 16.9. The summed E-state index contributed by atoms with van der Waals surface area (Å²) in [4.78, 5) is 18.2. The van der Waals surface area contributed by atoms with Crippen molar-refractivity contribution in [2.75, 3.05) is 19.6 Å². The Labute approximate surface area is 223 Å². The van der Waals surface area contributed by atoms with E-state index in [1.54, 1.807) is 12.1 Å². The van der Waals surface area contributed by atoms with Crippen molar-refractivity contribution in [1.82, 2.24) is 9.80 Å². The molecule has 0 aromatic heterocycles. The molecule has 0 N–H and O–H groups in total. The molecule has 2 fully saturated rings. The van der Waals surface area contributed by atoms with E-state index in [1.165, 1.54) is 19.3 Å². The molecule has 2 aromatic rings. The van der Waals surface area contributed by atoms with Gasteiger partial charge in [0, 0.05) is 37.0 Å². The Kier molecular flexibility index (Phi) is 8.95. The van der Waals surface area contributed by atoms with Crippen LogP contribution >= 0.6 is 11.8 Å². The molecule has 1 saturated carbocycles. The zero-order chi connectivity index (χ0) is 26.6. The predicted molar refractivity (Wildman–Crippen MR) is 144 cm³/mol. The van der Waals surface area contributed by atoms with Crippen LogP contribution in [0.25, 0.3) is 0 Å². The van der Waals surface area contributed by atoms with Gasteiger partial charge < -0.3 is 4.90 Å². The summed E-state index contributed by atoms with van der Waals surface area (Å²) in [6.45, 7) is 8.70. The average molecular weight is 533 g/mol. The van der Waals surface area contributed by atoms with Crippen molar-refractivity contribution in [2.24, 2.45) is 11.3 Å². The molecular weight excluding hydrogens is 493 g/mol. The summed E-state index contributed by atoms with van der Waals surface area (Å²) < 4.78 is 38.7. The standard InChI is InChI=1S/C30H39F3N2OS/c1-29(2,3)26-21-34(18-19-35(26)27(36)20-22-10-6-4-7-11-22)28(23-12-8-5-9-13-23)24-14-16-25(17-15-24)37-30(31,32)33/h5,8-9,12-17,22,26,28H,4,6-7,10-11,18-21H2,1-3H3/t26-,28?/m1/s1. The van der Waals surface area contributed by atoms with E-state index in [-0.39, 0.29) is 40.1 Å². The molecule has 7 heteroatoms. The van der Waals surface area contributed by atoms with Gasteiger partial charge in [-0.05, 0) is 59.2 Å². The molecule has 1 amide bonds. The number of carbonyl (C=O) groups excluding carboxylic acids is 1. The number of amides is 1. The molecule has 2 aliphatic rings. The summed E-state index contributed by atoms with van der Waals surface area (Å²) in [6.07, 6.45) is 6.70. The first-order chi connectivity index (χ1) is 17.5. The lowest BCUT2D eigenvalue weighted by Gasteiger charge is -2.49. The maximum Gasteiger partial charge on any atom is 0.446 e. The van der Waals surface area contributed by atoms with E-state index in [0.29, 0.717) is 18.9 Å². The Morgan fingerprint density at radius 1 is 0.919 bits per heavy atom. The van der Waals surface area contributed by atoms with Crippen LogP contribution in [0.1, 0.15) is 76.5 Å². The third-order valence-corrected chi connectivity index (χ3v) is 8.57. The lowest BCUT2D eigenvalue weighted by atomic mass is 9.82. The number of carbonyl (C=O) groups is 1. The normalized spacial score (nSPS) is 21.1. The molecular formula is C30H39F3N2OS. The smallest absolute Gasteiger partial charge is 0.337 e. The van der Waals surface area contributed by atoms with Gasteiger partial charge in [-0.1, -0.05) is 82.5 Å². The second-order valence-corrected chi connectivity index (χ2v) is 12.7. The van der Waals surface area contributed by atoms with Crippen molar-refractivity contribution < 1.29 is 18.0 Å². The monoisotopic (exact) mass is 532 g/mol. The first kappa shape index (κ1) is 28.0. The van der Waals surface area contributed by atoms with E-state index in [2.05, 4.69) is 42.7 Å². The zero-order valence-electron chi connectivity index (χ0n) is 22.1. The van der Waals surface area contributed by atoms with Gasteiger partial charge in [0.15, 0.2) is 0 Å². The minimum Gasteiger partial charge on any atom is -0.337 e. The Morgan fingerprint density at radius 3 is 2.14 bits per heavy atom. The quantitative estimate of drug-likeness (QED) is 0.353. The van der Waals surface area contributed by atoms with Gasteiger partial charge in [-0.2, -0.15) is 13.2 Å². The van der Waals surface area contributed by atoms with Crippen LogP contribution in [-0.4, -0.2) is 46.9 Å². The SMILES string of the molecule is CC(C)(C)[C@H]1CN(C(c2ccccc2)c2ccc(SC(F)(F)F)cc2)CCN1C(=O)CC1CCCCC1. The van der Waals surface area contributed by atoms with Crippen LogP contribution in [0.5, 0.6) is 0 Å². The molecule has 0 radical (unpaired) electrons. The number of thioether (sulfide) groups is 1. The molecule has 1 aliphatic heterocycles. The van der Waals surface area contributed by atoms with Gasteiger partial charge in [0.1, 0.15) is 0 Å². The van der Waals surface area contributed by atoms with Gasteiger partial charge in [0.05, 0.1) is 6.04 Å². The van der Waals surface area contributed by atoms with Gasteiger partial charge in [-0.15, -0.1) is 0 Å². The minimum absolute atomic E-state index is 0.0589. The Morgan fingerprint density at radius 2 is 1.54 bits per heavy atom. The maximum absolute atomic E-state index is 13.5. The van der Waals surface area contributed by atoms with Crippen molar-refractivity contribution >= 4 is 17.7 Å². The molecule has 37 heavy (non-hydrogen) atoms. The van der Waals surface area contributed by atoms with Crippen LogP contribution in [0.4, 0.5) is 13.2 Å². The first-order valence-corrected chi connectivity index (χ1v) is 14.3. The molecule has 3 nitrogen and oxygen atoms in total. The second-order valence-electron chi connectivity index (χ2n) is 11.6. The Bertz CT molecular complexity index is 1010. The van der Waals surface area contributed by atoms with Gasteiger partial charge in [0.2, 0.25) is 5.91 Å². The number of benzene rings is 2. The average Bonchev–Trinajstić information content (AvgIpc) is 2.85. The molecule has 202 valence electrons. The van der Waals surface area contributed by atoms with Crippen molar-refractivity contribution in [2.45, 2.75) is 81.8 Å². The molecule has 2 aromatic carbocycles. The van der Waals surface area contributed by atoms with Gasteiger partial charge in [-0.3, -0.25) is 9.69 Å². The molecule has 1 saturated heterocycles. The van der Waals surface area contributed by atoms with Gasteiger partial charge in [0.25, 0.3) is 0 Å². The molecule has 0 bridgehead atoms. The number of alkyl halides is 3. The highest BCUT2D eigenvalue weighted by Gasteiger charge is 2.40. The maximum atomic E-state index is 13.5. The lowest BCUT2D eigenvalue weighted by Crippen LogP contribution is -2.60. The number of hydrogen-bond acceptors (Lipinski definition) is 3. The number of halogens is 3. The van der Waals surface area contributed by atoms with E-state index in [4.69, 9.17) is 0 Å². The summed E-state index contributed by atoms with van der Waals surface area (Å²) in [5, 5.41) is 0. The van der Waals surface area contributed by atoms with Crippen LogP contribution in [0.2, 0.25) is 0 Å². The predicted octanol–water partition coefficient (Wildman–Crippen LogP) is 7.92. The molecule has 1 aliphatic carbocycles. The van der Waals surface area contributed by atoms with Crippen LogP contribution in [-0.2, 0) is 4.79 Å². The third kappa shape index (κ3) is 7.53. The van der Waals surface area contributed by atoms with Gasteiger partial charge >= 0.3 is 5.51 Å². The Hall–Kier alpha value is -1.99. The van der Waals surface area contributed by atoms with E-state index >= 15 is 0 Å². The number of hydrogen-bond donors (Lipinski definition) is 0. The fourth-order valence-electron chi connectivity index (χ4n) is 5.94. The molecule has 1 heterocycles. The highest BCUT2D eigenvalue weighted by atomic mass is 32.2. The van der Waals surface area contributed by atoms with Crippen LogP contribution in [0, 0.1) is 11.3 Å². The Balaban J connectivity index is 1.57. The van der Waals surface area contributed by atoms with Crippen LogP contribution in [0.3, 0.4) is 0 Å². The van der Waals surface area contributed by atoms with E-state index in [9.17, 15) is 18.0 Å². The number of piperazine rings is 1. The van der Waals surface area contributed by atoms with Crippen molar-refractivity contribution in [3.05, 3.63) is 65.7 Å². The van der Waals surface area contributed by atoms with Crippen LogP contribution < -0.4 is 0 Å². The summed E-state index contributed by atoms with van der Waals surface area (Å²) in [5.41, 5.74) is -2.34. The topological polar surface area (TPSA) is 23.6 Å². The van der Waals surface area contributed by atoms with Gasteiger partial charge in [-0.25, -0.2) is 0 Å². The van der Waals surface area contributed by atoms with Crippen molar-refractivity contribution in [3.63, 3.8) is 0 Å².